The highest BCUT2D eigenvalue weighted by Gasteiger charge is 2.45. The van der Waals surface area contributed by atoms with Crippen molar-refractivity contribution in [2.75, 3.05) is 18.9 Å². The molecule has 1 amide bonds. The minimum Gasteiger partial charge on any atom is -0.320 e. The zero-order valence-corrected chi connectivity index (χ0v) is 9.57. The van der Waals surface area contributed by atoms with Crippen molar-refractivity contribution in [3.8, 4) is 0 Å². The molecule has 1 aromatic rings. The number of fused-ring (bicyclic) bond motifs is 2. The molecule has 2 aliphatic rings. The van der Waals surface area contributed by atoms with Crippen LogP contribution in [0.3, 0.4) is 0 Å². The van der Waals surface area contributed by atoms with Gasteiger partial charge in [0.15, 0.2) is 6.04 Å². The Kier molecular flexibility index (Phi) is 2.04. The maximum Gasteiger partial charge on any atom is 0.282 e. The lowest BCUT2D eigenvalue weighted by atomic mass is 10.1. The number of benzene rings is 1. The Balaban J connectivity index is 2.07. The summed E-state index contributed by atoms with van der Waals surface area (Å²) >= 11 is 0. The van der Waals surface area contributed by atoms with Crippen LogP contribution >= 0.6 is 0 Å². The van der Waals surface area contributed by atoms with Crippen LogP contribution in [-0.2, 0) is 11.3 Å². The van der Waals surface area contributed by atoms with Crippen molar-refractivity contribution in [2.45, 2.75) is 25.4 Å². The highest BCUT2D eigenvalue weighted by Crippen LogP contribution is 2.33. The van der Waals surface area contributed by atoms with Gasteiger partial charge in [-0.25, -0.2) is 0 Å². The molecule has 0 spiro atoms. The molecule has 2 heterocycles. The van der Waals surface area contributed by atoms with Crippen LogP contribution in [0.15, 0.2) is 24.3 Å². The van der Waals surface area contributed by atoms with Gasteiger partial charge in [-0.3, -0.25) is 4.79 Å². The van der Waals surface area contributed by atoms with E-state index in [0.717, 1.165) is 36.1 Å². The number of carbonyl (C=O) groups is 1. The van der Waals surface area contributed by atoms with Gasteiger partial charge in [-0.2, -0.15) is 0 Å². The predicted molar refractivity (Wildman–Crippen MR) is 62.8 cm³/mol. The first kappa shape index (κ1) is 9.85. The molecule has 1 N–H and O–H groups in total. The van der Waals surface area contributed by atoms with Gasteiger partial charge < -0.3 is 9.80 Å². The minimum absolute atomic E-state index is 0.146. The summed E-state index contributed by atoms with van der Waals surface area (Å²) in [7, 11) is 2.21. The van der Waals surface area contributed by atoms with E-state index in [2.05, 4.69) is 18.4 Å². The summed E-state index contributed by atoms with van der Waals surface area (Å²) in [4.78, 5) is 12.1. The molecule has 0 aromatic heterocycles. The summed E-state index contributed by atoms with van der Waals surface area (Å²) in [6, 6.07) is 8.30. The first-order valence-electron chi connectivity index (χ1n) is 5.92. The van der Waals surface area contributed by atoms with Crippen molar-refractivity contribution >= 4 is 11.6 Å². The number of nitrogens with zero attached hydrogens (tertiary/aromatic N) is 1. The number of rotatable bonds is 0. The zero-order valence-electron chi connectivity index (χ0n) is 9.57. The lowest BCUT2D eigenvalue weighted by Crippen LogP contribution is -2.51. The summed E-state index contributed by atoms with van der Waals surface area (Å²) in [5.41, 5.74) is 2.27. The third kappa shape index (κ3) is 1.35. The maximum atomic E-state index is 12.1. The van der Waals surface area contributed by atoms with Crippen molar-refractivity contribution in [1.82, 2.24) is 0 Å². The van der Waals surface area contributed by atoms with E-state index in [4.69, 9.17) is 0 Å². The fourth-order valence-corrected chi connectivity index (χ4v) is 3.10. The molecule has 0 saturated carbocycles. The van der Waals surface area contributed by atoms with Gasteiger partial charge in [0.05, 0.1) is 13.6 Å². The summed E-state index contributed by atoms with van der Waals surface area (Å²) in [5, 5.41) is 3.06. The molecule has 1 aromatic carbocycles. The topological polar surface area (TPSA) is 29.1 Å². The van der Waals surface area contributed by atoms with Crippen LogP contribution in [0.2, 0.25) is 0 Å². The lowest BCUT2D eigenvalue weighted by molar-refractivity contribution is -0.924. The number of likely N-dealkylation sites (N-methyl/N-ethyl adjacent to an activating group) is 1. The summed E-state index contributed by atoms with van der Waals surface area (Å²) in [6.45, 7) is 2.09. The predicted octanol–water partition coefficient (Wildman–Crippen LogP) is 1.75. The lowest BCUT2D eigenvalue weighted by Gasteiger charge is -2.33. The van der Waals surface area contributed by atoms with Crippen LogP contribution in [0.5, 0.6) is 0 Å². The average molecular weight is 217 g/mol. The van der Waals surface area contributed by atoms with Gasteiger partial charge in [-0.1, -0.05) is 18.2 Å². The molecular formula is C13H17N2O+. The first-order valence-corrected chi connectivity index (χ1v) is 5.92. The molecule has 3 nitrogen and oxygen atoms in total. The van der Waals surface area contributed by atoms with Gasteiger partial charge in [0.25, 0.3) is 5.91 Å². The number of carbonyl (C=O) groups excluding carboxylic acids is 1. The molecule has 2 atom stereocenters. The minimum atomic E-state index is 0.146. The Morgan fingerprint density at radius 2 is 2.19 bits per heavy atom. The second kappa shape index (κ2) is 3.32. The van der Waals surface area contributed by atoms with Gasteiger partial charge in [0.2, 0.25) is 0 Å². The van der Waals surface area contributed by atoms with Crippen LogP contribution in [0.4, 0.5) is 5.69 Å². The van der Waals surface area contributed by atoms with Crippen LogP contribution < -0.4 is 5.32 Å². The van der Waals surface area contributed by atoms with Crippen LogP contribution in [0.1, 0.15) is 18.4 Å². The Hall–Kier alpha value is -1.35. The van der Waals surface area contributed by atoms with E-state index in [1.807, 2.05) is 18.2 Å². The average Bonchev–Trinajstić information content (AvgIpc) is 2.59. The van der Waals surface area contributed by atoms with Gasteiger partial charge in [0.1, 0.15) is 6.54 Å². The molecular weight excluding hydrogens is 200 g/mol. The normalized spacial score (nSPS) is 32.6. The fourth-order valence-electron chi connectivity index (χ4n) is 3.10. The summed E-state index contributed by atoms with van der Waals surface area (Å²) in [6.07, 6.45) is 2.19. The third-order valence-electron chi connectivity index (χ3n) is 4.01. The number of anilines is 1. The number of amides is 1. The second-order valence-corrected chi connectivity index (χ2v) is 5.17. The molecule has 2 aliphatic heterocycles. The molecule has 16 heavy (non-hydrogen) atoms. The number of nitrogens with one attached hydrogen (secondary N) is 1. The molecule has 2 unspecified atom stereocenters. The maximum absolute atomic E-state index is 12.1. The highest BCUT2D eigenvalue weighted by atomic mass is 16.2. The van der Waals surface area contributed by atoms with Crippen molar-refractivity contribution < 1.29 is 9.28 Å². The Labute approximate surface area is 95.7 Å². The number of hydrogen-bond donors (Lipinski definition) is 1. The van der Waals surface area contributed by atoms with Crippen molar-refractivity contribution in [1.29, 1.82) is 0 Å². The number of quaternary nitrogens is 1. The van der Waals surface area contributed by atoms with Gasteiger partial charge in [-0.15, -0.1) is 0 Å². The van der Waals surface area contributed by atoms with E-state index in [1.165, 1.54) is 5.56 Å². The molecule has 0 aliphatic carbocycles. The van der Waals surface area contributed by atoms with Crippen LogP contribution in [0.25, 0.3) is 0 Å². The Morgan fingerprint density at radius 1 is 1.38 bits per heavy atom. The quantitative estimate of drug-likeness (QED) is 0.659. The molecule has 1 fully saturated rings. The van der Waals surface area contributed by atoms with Gasteiger partial charge >= 0.3 is 0 Å². The van der Waals surface area contributed by atoms with Crippen LogP contribution in [0, 0.1) is 0 Å². The Bertz CT molecular complexity index is 443. The summed E-state index contributed by atoms with van der Waals surface area (Å²) in [5.74, 6) is 0.199. The van der Waals surface area contributed by atoms with Crippen LogP contribution in [-0.4, -0.2) is 30.0 Å². The van der Waals surface area contributed by atoms with Gasteiger partial charge in [-0.05, 0) is 6.07 Å². The van der Waals surface area contributed by atoms with E-state index in [0.29, 0.717) is 0 Å². The molecule has 3 heteroatoms. The molecule has 0 radical (unpaired) electrons. The van der Waals surface area contributed by atoms with E-state index in [9.17, 15) is 4.79 Å². The fraction of sp³-hybridized carbons (Fsp3) is 0.462. The monoisotopic (exact) mass is 217 g/mol. The number of para-hydroxylation sites is 1. The SMILES string of the molecule is C[N+]12CCCC1C(=O)Nc1ccccc1C2. The van der Waals surface area contributed by atoms with Crippen molar-refractivity contribution in [3.05, 3.63) is 29.8 Å². The smallest absolute Gasteiger partial charge is 0.282 e. The second-order valence-electron chi connectivity index (χ2n) is 5.17. The first-order chi connectivity index (χ1) is 7.69. The molecule has 3 rings (SSSR count). The molecule has 84 valence electrons. The largest absolute Gasteiger partial charge is 0.320 e. The summed E-state index contributed by atoms with van der Waals surface area (Å²) < 4.78 is 0.878. The highest BCUT2D eigenvalue weighted by molar-refractivity contribution is 5.95. The molecule has 1 saturated heterocycles. The third-order valence-corrected chi connectivity index (χ3v) is 4.01. The van der Waals surface area contributed by atoms with E-state index >= 15 is 0 Å². The molecule has 0 bridgehead atoms. The van der Waals surface area contributed by atoms with E-state index in [1.54, 1.807) is 0 Å². The zero-order chi connectivity index (χ0) is 11.2. The van der Waals surface area contributed by atoms with E-state index < -0.39 is 0 Å². The number of hydrogen-bond acceptors (Lipinski definition) is 1. The van der Waals surface area contributed by atoms with E-state index in [-0.39, 0.29) is 11.9 Å². The Morgan fingerprint density at radius 3 is 3.06 bits per heavy atom. The standard InChI is InChI=1S/C13H16N2O/c1-15-8-4-7-12(15)13(16)14-11-6-3-2-5-10(11)9-15/h2-3,5-6,12H,4,7-9H2,1H3/p+1. The van der Waals surface area contributed by atoms with Crippen molar-refractivity contribution in [3.63, 3.8) is 0 Å². The van der Waals surface area contributed by atoms with Gasteiger partial charge in [0, 0.05) is 24.1 Å². The van der Waals surface area contributed by atoms with Crippen molar-refractivity contribution in [2.24, 2.45) is 0 Å².